The fraction of sp³-hybridized carbons (Fsp3) is 0.148. The van der Waals surface area contributed by atoms with Gasteiger partial charge in [-0.2, -0.15) is 0 Å². The first-order valence-corrected chi connectivity index (χ1v) is 11.4. The minimum Gasteiger partial charge on any atom is -0.434 e. The van der Waals surface area contributed by atoms with Gasteiger partial charge in [-0.05, 0) is 61.0 Å². The van der Waals surface area contributed by atoms with Gasteiger partial charge in [0, 0.05) is 17.8 Å². The van der Waals surface area contributed by atoms with Crippen LogP contribution in [0.5, 0.6) is 5.75 Å². The molecule has 0 aliphatic carbocycles. The van der Waals surface area contributed by atoms with E-state index in [1.807, 2.05) is 0 Å². The number of ether oxygens (including phenoxy) is 2. The second-order valence-electron chi connectivity index (χ2n) is 7.98. The van der Waals surface area contributed by atoms with Gasteiger partial charge in [0.05, 0.1) is 17.7 Å². The van der Waals surface area contributed by atoms with Crippen LogP contribution in [0, 0.1) is 0 Å². The fourth-order valence-electron chi connectivity index (χ4n) is 3.66. The molecule has 10 heteroatoms. The highest BCUT2D eigenvalue weighted by Crippen LogP contribution is 2.22. The Labute approximate surface area is 212 Å². The van der Waals surface area contributed by atoms with Gasteiger partial charge in [-0.15, -0.1) is 0 Å². The van der Waals surface area contributed by atoms with Gasteiger partial charge in [0.2, 0.25) is 5.91 Å². The summed E-state index contributed by atoms with van der Waals surface area (Å²) in [4.78, 5) is 62.2. The summed E-state index contributed by atoms with van der Waals surface area (Å²) in [7, 11) is 0. The molecule has 0 unspecified atom stereocenters. The summed E-state index contributed by atoms with van der Waals surface area (Å²) in [6.07, 6.45) is -0.827. The molecule has 37 heavy (non-hydrogen) atoms. The van der Waals surface area contributed by atoms with Crippen molar-refractivity contribution in [2.75, 3.05) is 18.5 Å². The predicted molar refractivity (Wildman–Crippen MR) is 132 cm³/mol. The number of nitrogens with one attached hydrogen (secondary N) is 2. The highest BCUT2D eigenvalue weighted by Gasteiger charge is 2.36. The molecule has 1 aliphatic rings. The van der Waals surface area contributed by atoms with Crippen LogP contribution >= 0.6 is 0 Å². The summed E-state index contributed by atoms with van der Waals surface area (Å²) >= 11 is 0. The monoisotopic (exact) mass is 501 g/mol. The molecule has 3 aromatic carbocycles. The number of imide groups is 1. The Morgan fingerprint density at radius 3 is 2.19 bits per heavy atom. The number of carbonyl (C=O) groups excluding carboxylic acids is 5. The number of amides is 4. The van der Waals surface area contributed by atoms with Crippen LogP contribution in [-0.4, -0.2) is 47.8 Å². The van der Waals surface area contributed by atoms with Crippen LogP contribution in [0.1, 0.15) is 43.6 Å². The van der Waals surface area contributed by atoms with Crippen molar-refractivity contribution in [2.45, 2.75) is 13.5 Å². The molecule has 1 heterocycles. The normalized spacial score (nSPS) is 12.1. The van der Waals surface area contributed by atoms with Crippen molar-refractivity contribution in [1.82, 2.24) is 10.2 Å². The summed E-state index contributed by atoms with van der Waals surface area (Å²) < 4.78 is 9.68. The summed E-state index contributed by atoms with van der Waals surface area (Å²) in [6.45, 7) is 1.59. The fourth-order valence-corrected chi connectivity index (χ4v) is 3.66. The molecule has 188 valence electrons. The van der Waals surface area contributed by atoms with Crippen molar-refractivity contribution in [1.29, 1.82) is 0 Å². The molecule has 4 rings (SSSR count). The largest absolute Gasteiger partial charge is 0.513 e. The summed E-state index contributed by atoms with van der Waals surface area (Å²) in [6, 6.07) is 19.3. The zero-order valence-corrected chi connectivity index (χ0v) is 19.9. The van der Waals surface area contributed by atoms with E-state index in [4.69, 9.17) is 9.47 Å². The molecule has 4 amide bonds. The molecule has 0 spiro atoms. The van der Waals surface area contributed by atoms with Crippen molar-refractivity contribution in [3.8, 4) is 5.75 Å². The van der Waals surface area contributed by atoms with Crippen molar-refractivity contribution in [3.05, 3.63) is 95.1 Å². The van der Waals surface area contributed by atoms with E-state index < -0.39 is 30.4 Å². The van der Waals surface area contributed by atoms with E-state index in [9.17, 15) is 24.0 Å². The van der Waals surface area contributed by atoms with E-state index in [2.05, 4.69) is 10.6 Å². The molecular formula is C27H23N3O7. The van der Waals surface area contributed by atoms with E-state index in [-0.39, 0.29) is 35.9 Å². The first-order chi connectivity index (χ1) is 17.9. The number of carbonyl (C=O) groups is 5. The summed E-state index contributed by atoms with van der Waals surface area (Å²) in [5.41, 5.74) is 2.11. The van der Waals surface area contributed by atoms with E-state index >= 15 is 0 Å². The minimum absolute atomic E-state index is 0.131. The lowest BCUT2D eigenvalue weighted by Gasteiger charge is -2.14. The van der Waals surface area contributed by atoms with Crippen LogP contribution in [0.4, 0.5) is 10.5 Å². The first kappa shape index (κ1) is 25.1. The minimum atomic E-state index is -0.827. The molecule has 0 atom stereocenters. The van der Waals surface area contributed by atoms with Gasteiger partial charge in [0.25, 0.3) is 17.7 Å². The van der Waals surface area contributed by atoms with Crippen LogP contribution in [-0.2, 0) is 16.1 Å². The van der Waals surface area contributed by atoms with Gasteiger partial charge in [0.15, 0.2) is 0 Å². The zero-order valence-electron chi connectivity index (χ0n) is 19.9. The number of hydrogen-bond acceptors (Lipinski definition) is 7. The number of benzene rings is 3. The lowest BCUT2D eigenvalue weighted by Crippen LogP contribution is -2.40. The smallest absolute Gasteiger partial charge is 0.434 e. The summed E-state index contributed by atoms with van der Waals surface area (Å²) in [5.74, 6) is -1.63. The number of fused-ring (bicyclic) bond motifs is 1. The molecule has 2 N–H and O–H groups in total. The molecule has 0 fully saturated rings. The van der Waals surface area contributed by atoms with Crippen LogP contribution < -0.4 is 15.4 Å². The Morgan fingerprint density at radius 2 is 1.54 bits per heavy atom. The molecule has 0 saturated carbocycles. The third-order valence-corrected chi connectivity index (χ3v) is 5.43. The van der Waals surface area contributed by atoms with E-state index in [0.29, 0.717) is 16.8 Å². The molecular weight excluding hydrogens is 478 g/mol. The Balaban J connectivity index is 1.30. The topological polar surface area (TPSA) is 131 Å². The third kappa shape index (κ3) is 5.99. The molecule has 1 aliphatic heterocycles. The van der Waals surface area contributed by atoms with Gasteiger partial charge in [-0.3, -0.25) is 24.1 Å². The van der Waals surface area contributed by atoms with Crippen molar-refractivity contribution in [3.63, 3.8) is 0 Å². The lowest BCUT2D eigenvalue weighted by molar-refractivity contribution is -0.121. The average Bonchev–Trinajstić information content (AvgIpc) is 3.13. The maximum atomic E-state index is 12.6. The number of anilines is 1. The Hall–Kier alpha value is -4.99. The predicted octanol–water partition coefficient (Wildman–Crippen LogP) is 3.39. The SMILES string of the molecule is CCOC(=O)Oc1ccc(C(=O)Nc2cccc(CNC(=O)CN3C(=O)c4ccccc4C3=O)c2)cc1. The van der Waals surface area contributed by atoms with Gasteiger partial charge < -0.3 is 20.1 Å². The Kier molecular flexibility index (Phi) is 7.58. The van der Waals surface area contributed by atoms with Crippen molar-refractivity contribution in [2.24, 2.45) is 0 Å². The highest BCUT2D eigenvalue weighted by atomic mass is 16.7. The van der Waals surface area contributed by atoms with Crippen LogP contribution in [0.15, 0.2) is 72.8 Å². The van der Waals surface area contributed by atoms with Gasteiger partial charge >= 0.3 is 6.16 Å². The number of nitrogens with zero attached hydrogens (tertiary/aromatic N) is 1. The van der Waals surface area contributed by atoms with Crippen LogP contribution in [0.25, 0.3) is 0 Å². The van der Waals surface area contributed by atoms with E-state index in [1.54, 1.807) is 55.5 Å². The second-order valence-corrected chi connectivity index (χ2v) is 7.98. The van der Waals surface area contributed by atoms with Crippen molar-refractivity contribution >= 4 is 35.5 Å². The van der Waals surface area contributed by atoms with Gasteiger partial charge in [0.1, 0.15) is 12.3 Å². The van der Waals surface area contributed by atoms with E-state index in [1.165, 1.54) is 24.3 Å². The number of rotatable bonds is 8. The highest BCUT2D eigenvalue weighted by molar-refractivity contribution is 6.22. The molecule has 0 saturated heterocycles. The Morgan fingerprint density at radius 1 is 0.865 bits per heavy atom. The maximum Gasteiger partial charge on any atom is 0.513 e. The second kappa shape index (κ2) is 11.2. The van der Waals surface area contributed by atoms with Gasteiger partial charge in [-0.1, -0.05) is 24.3 Å². The lowest BCUT2D eigenvalue weighted by atomic mass is 10.1. The zero-order chi connectivity index (χ0) is 26.4. The third-order valence-electron chi connectivity index (χ3n) is 5.43. The van der Waals surface area contributed by atoms with E-state index in [0.717, 1.165) is 4.90 Å². The summed E-state index contributed by atoms with van der Waals surface area (Å²) in [5, 5.41) is 5.45. The van der Waals surface area contributed by atoms with Crippen molar-refractivity contribution < 1.29 is 33.4 Å². The number of hydrogen-bond donors (Lipinski definition) is 2. The molecule has 0 aromatic heterocycles. The maximum absolute atomic E-state index is 12.6. The standard InChI is InChI=1S/C27H23N3O7/c1-2-36-27(35)37-20-12-10-18(11-13-20)24(32)29-19-7-5-6-17(14-19)15-28-23(31)16-30-25(33)21-8-3-4-9-22(21)26(30)34/h3-14H,2,15-16H2,1H3,(H,28,31)(H,29,32). The van der Waals surface area contributed by atoms with Crippen LogP contribution in [0.2, 0.25) is 0 Å². The quantitative estimate of drug-likeness (QED) is 0.275. The molecule has 0 radical (unpaired) electrons. The Bertz CT molecular complexity index is 1330. The van der Waals surface area contributed by atoms with Gasteiger partial charge in [-0.25, -0.2) is 4.79 Å². The molecule has 0 bridgehead atoms. The van der Waals surface area contributed by atoms with Crippen LogP contribution in [0.3, 0.4) is 0 Å². The molecule has 3 aromatic rings. The first-order valence-electron chi connectivity index (χ1n) is 11.4. The average molecular weight is 501 g/mol. The molecule has 10 nitrogen and oxygen atoms in total.